The van der Waals surface area contributed by atoms with E-state index in [4.69, 9.17) is 5.11 Å². The van der Waals surface area contributed by atoms with Gasteiger partial charge >= 0.3 is 5.97 Å². The molecule has 0 aromatic rings. The lowest BCUT2D eigenvalue weighted by atomic mass is 10.1. The Bertz CT molecular complexity index is 258. The van der Waals surface area contributed by atoms with E-state index in [9.17, 15) is 13.6 Å². The van der Waals surface area contributed by atoms with Crippen LogP contribution in [0.2, 0.25) is 0 Å². The minimum Gasteiger partial charge on any atom is -0.481 e. The first kappa shape index (κ1) is 13.4. The van der Waals surface area contributed by atoms with Gasteiger partial charge in [-0.15, -0.1) is 0 Å². The number of carbonyl (C=O) groups is 1. The van der Waals surface area contributed by atoms with Crippen LogP contribution >= 0.6 is 0 Å². The molecule has 1 rings (SSSR count). The summed E-state index contributed by atoms with van der Waals surface area (Å²) in [6, 6.07) is -0.201. The van der Waals surface area contributed by atoms with E-state index in [0.29, 0.717) is 6.42 Å². The summed E-state index contributed by atoms with van der Waals surface area (Å²) < 4.78 is 26.6. The van der Waals surface area contributed by atoms with E-state index >= 15 is 0 Å². The summed E-state index contributed by atoms with van der Waals surface area (Å²) in [6.45, 7) is 3.64. The van der Waals surface area contributed by atoms with E-state index < -0.39 is 11.9 Å². The van der Waals surface area contributed by atoms with E-state index in [0.717, 1.165) is 6.42 Å². The average Bonchev–Trinajstić information content (AvgIpc) is 2.49. The van der Waals surface area contributed by atoms with Crippen molar-refractivity contribution in [1.29, 1.82) is 0 Å². The topological polar surface area (TPSA) is 40.5 Å². The summed E-state index contributed by atoms with van der Waals surface area (Å²) in [7, 11) is 0. The maximum Gasteiger partial charge on any atom is 0.303 e. The van der Waals surface area contributed by atoms with Crippen LogP contribution in [0.3, 0.4) is 0 Å². The summed E-state index contributed by atoms with van der Waals surface area (Å²) in [5.74, 6) is -3.58. The lowest BCUT2D eigenvalue weighted by molar-refractivity contribution is -0.137. The third-order valence-electron chi connectivity index (χ3n) is 3.27. The fourth-order valence-corrected chi connectivity index (χ4v) is 2.23. The molecule has 94 valence electrons. The molecule has 1 aliphatic heterocycles. The molecule has 0 spiro atoms. The van der Waals surface area contributed by atoms with Gasteiger partial charge in [0.1, 0.15) is 0 Å². The highest BCUT2D eigenvalue weighted by Gasteiger charge is 2.45. The smallest absolute Gasteiger partial charge is 0.303 e. The molecule has 0 aromatic heterocycles. The van der Waals surface area contributed by atoms with E-state index in [1.54, 1.807) is 4.90 Å². The van der Waals surface area contributed by atoms with Crippen molar-refractivity contribution in [3.63, 3.8) is 0 Å². The van der Waals surface area contributed by atoms with Crippen molar-refractivity contribution >= 4 is 5.97 Å². The molecule has 0 saturated carbocycles. The maximum atomic E-state index is 13.3. The Morgan fingerprint density at radius 1 is 1.62 bits per heavy atom. The second-order valence-electron chi connectivity index (χ2n) is 4.58. The van der Waals surface area contributed by atoms with Gasteiger partial charge < -0.3 is 5.11 Å². The van der Waals surface area contributed by atoms with Crippen LogP contribution in [0.4, 0.5) is 8.78 Å². The van der Waals surface area contributed by atoms with Crippen LogP contribution in [-0.4, -0.2) is 40.5 Å². The van der Waals surface area contributed by atoms with Gasteiger partial charge in [0, 0.05) is 24.9 Å². The minimum absolute atomic E-state index is 0.0340. The molecule has 1 saturated heterocycles. The molecule has 2 atom stereocenters. The van der Waals surface area contributed by atoms with Gasteiger partial charge in [0.15, 0.2) is 0 Å². The van der Waals surface area contributed by atoms with Crippen LogP contribution in [0.25, 0.3) is 0 Å². The van der Waals surface area contributed by atoms with Crippen molar-refractivity contribution in [3.05, 3.63) is 0 Å². The standard InChI is InChI=1S/C11H19F2NO2/c1-3-8(2)14-7-11(12,13)6-9(14)4-5-10(15)16/h8-9H,3-7H2,1-2H3,(H,15,16)/t8?,9-/m1/s1. The van der Waals surface area contributed by atoms with Gasteiger partial charge in [-0.25, -0.2) is 8.78 Å². The fraction of sp³-hybridized carbons (Fsp3) is 0.909. The molecule has 1 unspecified atom stereocenters. The van der Waals surface area contributed by atoms with E-state index in [2.05, 4.69) is 0 Å². The molecule has 0 bridgehead atoms. The second-order valence-corrected chi connectivity index (χ2v) is 4.58. The summed E-state index contributed by atoms with van der Waals surface area (Å²) in [5, 5.41) is 8.58. The molecule has 0 amide bonds. The summed E-state index contributed by atoms with van der Waals surface area (Å²) in [6.07, 6.45) is 0.882. The molecule has 1 heterocycles. The van der Waals surface area contributed by atoms with Crippen molar-refractivity contribution < 1.29 is 18.7 Å². The number of rotatable bonds is 5. The van der Waals surface area contributed by atoms with Crippen LogP contribution in [0.5, 0.6) is 0 Å². The molecule has 1 N–H and O–H groups in total. The van der Waals surface area contributed by atoms with Crippen LogP contribution in [0.1, 0.15) is 39.5 Å². The Kier molecular flexibility index (Phi) is 4.24. The molecule has 16 heavy (non-hydrogen) atoms. The van der Waals surface area contributed by atoms with Crippen molar-refractivity contribution in [2.24, 2.45) is 0 Å². The highest BCUT2D eigenvalue weighted by atomic mass is 19.3. The van der Waals surface area contributed by atoms with E-state index in [1.807, 2.05) is 13.8 Å². The van der Waals surface area contributed by atoms with Crippen LogP contribution in [0, 0.1) is 0 Å². The Hall–Kier alpha value is -0.710. The number of carboxylic acids is 1. The van der Waals surface area contributed by atoms with Gasteiger partial charge in [0.25, 0.3) is 5.92 Å². The largest absolute Gasteiger partial charge is 0.481 e. The van der Waals surface area contributed by atoms with Crippen LogP contribution in [-0.2, 0) is 4.79 Å². The number of nitrogens with zero attached hydrogens (tertiary/aromatic N) is 1. The van der Waals surface area contributed by atoms with E-state index in [1.165, 1.54) is 0 Å². The number of hydrogen-bond donors (Lipinski definition) is 1. The highest BCUT2D eigenvalue weighted by Crippen LogP contribution is 2.35. The molecule has 0 aromatic carbocycles. The third-order valence-corrected chi connectivity index (χ3v) is 3.27. The Morgan fingerprint density at radius 3 is 2.75 bits per heavy atom. The van der Waals surface area contributed by atoms with Crippen LogP contribution < -0.4 is 0 Å². The lowest BCUT2D eigenvalue weighted by Crippen LogP contribution is -2.38. The van der Waals surface area contributed by atoms with Crippen molar-refractivity contribution in [3.8, 4) is 0 Å². The van der Waals surface area contributed by atoms with Crippen molar-refractivity contribution in [1.82, 2.24) is 4.90 Å². The van der Waals surface area contributed by atoms with Gasteiger partial charge in [-0.05, 0) is 19.8 Å². The maximum absolute atomic E-state index is 13.3. The summed E-state index contributed by atoms with van der Waals surface area (Å²) >= 11 is 0. The van der Waals surface area contributed by atoms with Gasteiger partial charge in [-0.3, -0.25) is 9.69 Å². The minimum atomic E-state index is -2.66. The number of alkyl halides is 2. The SMILES string of the molecule is CCC(C)N1CC(F)(F)C[C@H]1CCC(=O)O. The Labute approximate surface area is 94.4 Å². The zero-order valence-electron chi connectivity index (χ0n) is 9.75. The van der Waals surface area contributed by atoms with Gasteiger partial charge in [0.2, 0.25) is 0 Å². The molecule has 1 fully saturated rings. The molecule has 0 aliphatic carbocycles. The Morgan fingerprint density at radius 2 is 2.25 bits per heavy atom. The number of carboxylic acid groups (broad SMARTS) is 1. The van der Waals surface area contributed by atoms with Gasteiger partial charge in [-0.1, -0.05) is 6.92 Å². The normalized spacial score (nSPS) is 26.9. The van der Waals surface area contributed by atoms with Gasteiger partial charge in [-0.2, -0.15) is 0 Å². The zero-order valence-corrected chi connectivity index (χ0v) is 9.75. The predicted molar refractivity (Wildman–Crippen MR) is 56.7 cm³/mol. The number of hydrogen-bond acceptors (Lipinski definition) is 2. The molecule has 1 aliphatic rings. The zero-order chi connectivity index (χ0) is 12.3. The molecular weight excluding hydrogens is 216 g/mol. The number of halogens is 2. The molecule has 5 heteroatoms. The Balaban J connectivity index is 2.61. The van der Waals surface area contributed by atoms with Crippen LogP contribution in [0.15, 0.2) is 0 Å². The van der Waals surface area contributed by atoms with Gasteiger partial charge in [0.05, 0.1) is 6.54 Å². The first-order valence-electron chi connectivity index (χ1n) is 5.71. The third kappa shape index (κ3) is 3.40. The summed E-state index contributed by atoms with van der Waals surface area (Å²) in [4.78, 5) is 12.2. The van der Waals surface area contributed by atoms with Crippen molar-refractivity contribution in [2.75, 3.05) is 6.54 Å². The monoisotopic (exact) mass is 235 g/mol. The average molecular weight is 235 g/mol. The predicted octanol–water partition coefficient (Wildman–Crippen LogP) is 2.36. The van der Waals surface area contributed by atoms with Crippen molar-refractivity contribution in [2.45, 2.75) is 57.5 Å². The highest BCUT2D eigenvalue weighted by molar-refractivity contribution is 5.66. The number of likely N-dealkylation sites (tertiary alicyclic amines) is 1. The summed E-state index contributed by atoms with van der Waals surface area (Å²) in [5.41, 5.74) is 0. The van der Waals surface area contributed by atoms with E-state index in [-0.39, 0.29) is 31.5 Å². The fourth-order valence-electron chi connectivity index (χ4n) is 2.23. The lowest BCUT2D eigenvalue weighted by Gasteiger charge is -2.29. The first-order valence-corrected chi connectivity index (χ1v) is 5.71. The second kappa shape index (κ2) is 5.08. The molecule has 0 radical (unpaired) electrons. The number of aliphatic carboxylic acids is 1. The first-order chi connectivity index (χ1) is 7.35. The molecule has 3 nitrogen and oxygen atoms in total. The molecular formula is C11H19F2NO2. The quantitative estimate of drug-likeness (QED) is 0.795.